The Kier molecular flexibility index (Phi) is 5.08. The Hall–Kier alpha value is -2.64. The van der Waals surface area contributed by atoms with Gasteiger partial charge >= 0.3 is 5.69 Å². The van der Waals surface area contributed by atoms with Gasteiger partial charge in [-0.15, -0.1) is 0 Å². The maximum absolute atomic E-state index is 11.0. The third kappa shape index (κ3) is 4.16. The van der Waals surface area contributed by atoms with Crippen molar-refractivity contribution in [1.29, 1.82) is 0 Å². The molecule has 8 nitrogen and oxygen atoms in total. The van der Waals surface area contributed by atoms with E-state index in [1.54, 1.807) is 12.3 Å². The minimum absolute atomic E-state index is 0.0178. The topological polar surface area (TPSA) is 97.9 Å². The molecule has 21 heavy (non-hydrogen) atoms. The van der Waals surface area contributed by atoms with Crippen molar-refractivity contribution in [1.82, 2.24) is 14.8 Å². The van der Waals surface area contributed by atoms with Gasteiger partial charge in [-0.2, -0.15) is 5.10 Å². The van der Waals surface area contributed by atoms with Gasteiger partial charge in [-0.1, -0.05) is 0 Å². The number of hydrogen-bond acceptors (Lipinski definition) is 6. The smallest absolute Gasteiger partial charge is 0.311 e. The van der Waals surface area contributed by atoms with Crippen LogP contribution >= 0.6 is 0 Å². The summed E-state index contributed by atoms with van der Waals surface area (Å²) < 4.78 is 1.82. The second-order valence-electron chi connectivity index (χ2n) is 4.40. The highest BCUT2D eigenvalue weighted by Crippen LogP contribution is 2.23. The van der Waals surface area contributed by atoms with E-state index in [4.69, 9.17) is 0 Å². The molecular weight excluding hydrogens is 272 g/mol. The Labute approximate surface area is 122 Å². The number of aryl methyl sites for hydroxylation is 1. The normalized spacial score (nSPS) is 10.3. The number of hydrogen-bond donors (Lipinski definition) is 2. The molecule has 0 bridgehead atoms. The average molecular weight is 290 g/mol. The molecule has 2 rings (SSSR count). The monoisotopic (exact) mass is 290 g/mol. The molecule has 0 aliphatic carbocycles. The van der Waals surface area contributed by atoms with Crippen molar-refractivity contribution >= 4 is 17.3 Å². The number of rotatable bonds is 8. The highest BCUT2D eigenvalue weighted by atomic mass is 16.6. The molecule has 0 saturated heterocycles. The summed E-state index contributed by atoms with van der Waals surface area (Å²) in [5.74, 6) is 0.914. The van der Waals surface area contributed by atoms with E-state index in [2.05, 4.69) is 20.7 Å². The van der Waals surface area contributed by atoms with Crippen molar-refractivity contribution in [2.75, 3.05) is 23.7 Å². The van der Waals surface area contributed by atoms with Gasteiger partial charge in [0.25, 0.3) is 0 Å². The number of anilines is 2. The largest absolute Gasteiger partial charge is 0.370 e. The SMILES string of the molecule is CCNc1ccc([N+](=O)[O-])c(NCCCn2cccn2)n1. The van der Waals surface area contributed by atoms with Crippen LogP contribution in [-0.2, 0) is 6.54 Å². The Morgan fingerprint density at radius 3 is 2.90 bits per heavy atom. The van der Waals surface area contributed by atoms with E-state index in [0.717, 1.165) is 13.0 Å². The van der Waals surface area contributed by atoms with E-state index in [1.807, 2.05) is 23.9 Å². The minimum Gasteiger partial charge on any atom is -0.370 e. The first-order chi connectivity index (χ1) is 10.2. The molecule has 112 valence electrons. The lowest BCUT2D eigenvalue weighted by atomic mass is 10.3. The zero-order valence-electron chi connectivity index (χ0n) is 11.8. The Balaban J connectivity index is 1.96. The van der Waals surface area contributed by atoms with Crippen molar-refractivity contribution in [3.63, 3.8) is 0 Å². The Bertz CT molecular complexity index is 584. The molecule has 0 fully saturated rings. The molecule has 0 aliphatic heterocycles. The summed E-state index contributed by atoms with van der Waals surface area (Å²) in [7, 11) is 0. The van der Waals surface area contributed by atoms with Gasteiger partial charge in [-0.05, 0) is 25.5 Å². The predicted octanol–water partition coefficient (Wildman–Crippen LogP) is 2.12. The lowest BCUT2D eigenvalue weighted by molar-refractivity contribution is -0.384. The van der Waals surface area contributed by atoms with Gasteiger partial charge in [0.15, 0.2) is 0 Å². The average Bonchev–Trinajstić information content (AvgIpc) is 2.97. The number of nitrogens with zero attached hydrogens (tertiary/aromatic N) is 4. The molecule has 0 atom stereocenters. The van der Waals surface area contributed by atoms with Crippen molar-refractivity contribution < 1.29 is 4.92 Å². The van der Waals surface area contributed by atoms with Crippen molar-refractivity contribution in [3.8, 4) is 0 Å². The molecular formula is C13H18N6O2. The molecule has 2 aromatic rings. The molecule has 0 unspecified atom stereocenters. The summed E-state index contributed by atoms with van der Waals surface area (Å²) in [5, 5.41) is 21.2. The van der Waals surface area contributed by atoms with Crippen LogP contribution in [0.1, 0.15) is 13.3 Å². The lowest BCUT2D eigenvalue weighted by Gasteiger charge is -2.09. The minimum atomic E-state index is -0.432. The predicted molar refractivity (Wildman–Crippen MR) is 80.4 cm³/mol. The van der Waals surface area contributed by atoms with Crippen LogP contribution in [0.5, 0.6) is 0 Å². The molecule has 8 heteroatoms. The Morgan fingerprint density at radius 1 is 1.38 bits per heavy atom. The molecule has 0 spiro atoms. The first kappa shape index (κ1) is 14.8. The number of aromatic nitrogens is 3. The van der Waals surface area contributed by atoms with Crippen LogP contribution in [0, 0.1) is 10.1 Å². The Morgan fingerprint density at radius 2 is 2.24 bits per heavy atom. The first-order valence-electron chi connectivity index (χ1n) is 6.81. The molecule has 0 amide bonds. The molecule has 0 aromatic carbocycles. The lowest BCUT2D eigenvalue weighted by Crippen LogP contribution is -2.10. The molecule has 0 saturated carbocycles. The van der Waals surface area contributed by atoms with Crippen molar-refractivity contribution in [3.05, 3.63) is 40.7 Å². The van der Waals surface area contributed by atoms with Crippen LogP contribution < -0.4 is 10.6 Å². The summed E-state index contributed by atoms with van der Waals surface area (Å²) in [6.07, 6.45) is 4.40. The standard InChI is InChI=1S/C13H18N6O2/c1-2-14-12-6-5-11(19(20)21)13(17-12)15-7-3-9-18-10-4-8-16-18/h4-6,8,10H,2-3,7,9H2,1H3,(H2,14,15,17). The summed E-state index contributed by atoms with van der Waals surface area (Å²) in [5.41, 5.74) is -0.0178. The number of pyridine rings is 1. The summed E-state index contributed by atoms with van der Waals surface area (Å²) in [6.45, 7) is 3.99. The van der Waals surface area contributed by atoms with Crippen LogP contribution in [0.4, 0.5) is 17.3 Å². The van der Waals surface area contributed by atoms with Gasteiger partial charge in [0.2, 0.25) is 5.82 Å². The van der Waals surface area contributed by atoms with E-state index in [-0.39, 0.29) is 5.69 Å². The van der Waals surface area contributed by atoms with Gasteiger partial charge in [0.05, 0.1) is 4.92 Å². The third-order valence-corrected chi connectivity index (χ3v) is 2.84. The zero-order chi connectivity index (χ0) is 15.1. The second-order valence-corrected chi connectivity index (χ2v) is 4.40. The molecule has 0 aliphatic rings. The van der Waals surface area contributed by atoms with E-state index in [9.17, 15) is 10.1 Å². The fourth-order valence-corrected chi connectivity index (χ4v) is 1.89. The van der Waals surface area contributed by atoms with Gasteiger partial charge in [0.1, 0.15) is 5.82 Å². The van der Waals surface area contributed by atoms with Crippen LogP contribution in [0.3, 0.4) is 0 Å². The maximum atomic E-state index is 11.0. The number of nitro groups is 1. The third-order valence-electron chi connectivity index (χ3n) is 2.84. The summed E-state index contributed by atoms with van der Waals surface area (Å²) in [4.78, 5) is 14.8. The highest BCUT2D eigenvalue weighted by molar-refractivity contribution is 5.60. The van der Waals surface area contributed by atoms with E-state index < -0.39 is 4.92 Å². The summed E-state index contributed by atoms with van der Waals surface area (Å²) >= 11 is 0. The van der Waals surface area contributed by atoms with Gasteiger partial charge in [-0.25, -0.2) is 4.98 Å². The quantitative estimate of drug-likeness (QED) is 0.439. The molecule has 2 aromatic heterocycles. The number of nitrogens with one attached hydrogen (secondary N) is 2. The fourth-order valence-electron chi connectivity index (χ4n) is 1.89. The van der Waals surface area contributed by atoms with Crippen LogP contribution in [0.2, 0.25) is 0 Å². The van der Waals surface area contributed by atoms with Gasteiger partial charge in [-0.3, -0.25) is 14.8 Å². The van der Waals surface area contributed by atoms with Gasteiger partial charge < -0.3 is 10.6 Å². The van der Waals surface area contributed by atoms with Crippen molar-refractivity contribution in [2.45, 2.75) is 19.9 Å². The van der Waals surface area contributed by atoms with E-state index in [1.165, 1.54) is 6.07 Å². The highest BCUT2D eigenvalue weighted by Gasteiger charge is 2.15. The van der Waals surface area contributed by atoms with Crippen LogP contribution in [0.15, 0.2) is 30.6 Å². The van der Waals surface area contributed by atoms with Crippen molar-refractivity contribution in [2.24, 2.45) is 0 Å². The molecule has 0 radical (unpaired) electrons. The molecule has 2 N–H and O–H groups in total. The zero-order valence-corrected chi connectivity index (χ0v) is 11.8. The first-order valence-corrected chi connectivity index (χ1v) is 6.81. The van der Waals surface area contributed by atoms with E-state index in [0.29, 0.717) is 24.7 Å². The van der Waals surface area contributed by atoms with Gasteiger partial charge in [0, 0.05) is 38.1 Å². The second kappa shape index (κ2) is 7.22. The van der Waals surface area contributed by atoms with Crippen LogP contribution in [0.25, 0.3) is 0 Å². The maximum Gasteiger partial charge on any atom is 0.311 e. The molecule has 2 heterocycles. The van der Waals surface area contributed by atoms with E-state index >= 15 is 0 Å². The van der Waals surface area contributed by atoms with Crippen LogP contribution in [-0.4, -0.2) is 32.8 Å². The fraction of sp³-hybridized carbons (Fsp3) is 0.385. The summed E-state index contributed by atoms with van der Waals surface area (Å²) in [6, 6.07) is 4.93.